The molecule has 0 saturated carbocycles. The van der Waals surface area contributed by atoms with Gasteiger partial charge in [0.05, 0.1) is 23.8 Å². The number of nitrogens with two attached hydrogens (primary N) is 1. The summed E-state index contributed by atoms with van der Waals surface area (Å²) in [5.74, 6) is 1.01. The van der Waals surface area contributed by atoms with E-state index in [4.69, 9.17) is 9.47 Å². The van der Waals surface area contributed by atoms with Gasteiger partial charge in [0.1, 0.15) is 17.6 Å². The minimum atomic E-state index is -0.313. The Morgan fingerprint density at radius 2 is 1.94 bits per heavy atom. The average molecular weight is 500 g/mol. The van der Waals surface area contributed by atoms with Gasteiger partial charge in [-0.1, -0.05) is 18.2 Å². The summed E-state index contributed by atoms with van der Waals surface area (Å²) in [7, 11) is 1.63. The minimum absolute atomic E-state index is 0.123. The van der Waals surface area contributed by atoms with E-state index in [0.717, 1.165) is 28.1 Å². The molecule has 0 aliphatic carbocycles. The highest BCUT2D eigenvalue weighted by atomic mass is 79.9. The molecule has 2 unspecified atom stereocenters. The molecule has 0 radical (unpaired) electrons. The van der Waals surface area contributed by atoms with Crippen molar-refractivity contribution in [2.45, 2.75) is 19.1 Å². The molecule has 1 aliphatic heterocycles. The Labute approximate surface area is 195 Å². The fraction of sp³-hybridized carbons (Fsp3) is 0.200. The number of benzene rings is 3. The van der Waals surface area contributed by atoms with Gasteiger partial charge in [-0.15, -0.1) is 0 Å². The van der Waals surface area contributed by atoms with Gasteiger partial charge >= 0.3 is 0 Å². The van der Waals surface area contributed by atoms with E-state index in [1.165, 1.54) is 6.07 Å². The van der Waals surface area contributed by atoms with E-state index in [0.29, 0.717) is 16.8 Å². The summed E-state index contributed by atoms with van der Waals surface area (Å²) in [6.07, 6.45) is 1.85. The Kier molecular flexibility index (Phi) is 6.67. The molecule has 0 spiro atoms. The zero-order chi connectivity index (χ0) is 22.7. The van der Waals surface area contributed by atoms with Gasteiger partial charge in [-0.05, 0) is 65.3 Å². The summed E-state index contributed by atoms with van der Waals surface area (Å²) in [5, 5.41) is 16.5. The van der Waals surface area contributed by atoms with Crippen LogP contribution in [-0.4, -0.2) is 18.8 Å². The van der Waals surface area contributed by atoms with Crippen molar-refractivity contribution in [1.82, 2.24) is 5.32 Å². The van der Waals surface area contributed by atoms with E-state index in [-0.39, 0.29) is 23.8 Å². The van der Waals surface area contributed by atoms with Crippen LogP contribution >= 0.6 is 15.9 Å². The van der Waals surface area contributed by atoms with Crippen LogP contribution in [0.1, 0.15) is 35.8 Å². The van der Waals surface area contributed by atoms with Crippen LogP contribution in [0.3, 0.4) is 0 Å². The number of phenolic OH excluding ortho intramolecular Hbond substituents is 1. The first kappa shape index (κ1) is 22.2. The molecular formula is C25H25BrFN2O3+. The molecule has 0 saturated heterocycles. The number of hydrogen-bond acceptors (Lipinski definition) is 4. The van der Waals surface area contributed by atoms with Crippen LogP contribution in [0.25, 0.3) is 5.70 Å². The standard InChI is InChI=1S/C25H24BrFN2O3/c1-3-32-23-9-5-8-18(24(23)30)22-14-21(15-6-4-7-17(12-15)31-2)28-25(29-22)16-10-11-20(27)19(26)13-16/h4-14,22,25,28-30H,3H2,1-2H3/p+1. The number of hydrogen-bond donors (Lipinski definition) is 3. The fourth-order valence-corrected chi connectivity index (χ4v) is 4.25. The predicted molar refractivity (Wildman–Crippen MR) is 125 cm³/mol. The van der Waals surface area contributed by atoms with Crippen molar-refractivity contribution in [1.29, 1.82) is 0 Å². The first-order chi connectivity index (χ1) is 15.5. The molecule has 5 nitrogen and oxygen atoms in total. The van der Waals surface area contributed by atoms with Gasteiger partial charge in [-0.3, -0.25) is 0 Å². The van der Waals surface area contributed by atoms with Crippen molar-refractivity contribution in [3.63, 3.8) is 0 Å². The third kappa shape index (κ3) is 4.59. The van der Waals surface area contributed by atoms with E-state index in [1.54, 1.807) is 25.3 Å². The molecule has 3 aromatic rings. The van der Waals surface area contributed by atoms with Crippen molar-refractivity contribution in [2.75, 3.05) is 13.7 Å². The Bertz CT molecular complexity index is 1150. The molecule has 4 rings (SSSR count). The molecule has 32 heavy (non-hydrogen) atoms. The molecule has 2 atom stereocenters. The molecule has 0 fully saturated rings. The van der Waals surface area contributed by atoms with Gasteiger partial charge in [-0.2, -0.15) is 0 Å². The number of quaternary nitrogens is 1. The summed E-state index contributed by atoms with van der Waals surface area (Å²) in [5.41, 5.74) is 3.48. The van der Waals surface area contributed by atoms with Gasteiger partial charge < -0.3 is 25.2 Å². The van der Waals surface area contributed by atoms with Gasteiger partial charge in [0.2, 0.25) is 0 Å². The van der Waals surface area contributed by atoms with E-state index in [9.17, 15) is 9.50 Å². The largest absolute Gasteiger partial charge is 0.504 e. The lowest BCUT2D eigenvalue weighted by Gasteiger charge is -2.30. The van der Waals surface area contributed by atoms with Crippen molar-refractivity contribution >= 4 is 21.6 Å². The second-order valence-corrected chi connectivity index (χ2v) is 8.31. The first-order valence-electron chi connectivity index (χ1n) is 10.4. The second kappa shape index (κ2) is 9.63. The number of nitrogens with one attached hydrogen (secondary N) is 1. The zero-order valence-electron chi connectivity index (χ0n) is 17.8. The maximum atomic E-state index is 13.9. The first-order valence-corrected chi connectivity index (χ1v) is 11.2. The van der Waals surface area contributed by atoms with E-state index in [2.05, 4.69) is 32.6 Å². The quantitative estimate of drug-likeness (QED) is 0.461. The van der Waals surface area contributed by atoms with Crippen molar-refractivity contribution < 1.29 is 24.3 Å². The van der Waals surface area contributed by atoms with Crippen LogP contribution < -0.4 is 20.1 Å². The Balaban J connectivity index is 1.78. The van der Waals surface area contributed by atoms with Crippen LogP contribution in [0.5, 0.6) is 17.2 Å². The summed E-state index contributed by atoms with van der Waals surface area (Å²) in [6.45, 7) is 2.34. The van der Waals surface area contributed by atoms with Crippen molar-refractivity contribution in [3.8, 4) is 17.2 Å². The molecule has 166 valence electrons. The number of methoxy groups -OCH3 is 1. The van der Waals surface area contributed by atoms with Gasteiger partial charge in [0.25, 0.3) is 0 Å². The van der Waals surface area contributed by atoms with Crippen LogP contribution in [0.2, 0.25) is 0 Å². The topological polar surface area (TPSA) is 67.3 Å². The number of phenols is 1. The number of ether oxygens (including phenoxy) is 2. The Morgan fingerprint density at radius 1 is 1.12 bits per heavy atom. The highest BCUT2D eigenvalue weighted by Gasteiger charge is 2.30. The number of rotatable bonds is 6. The highest BCUT2D eigenvalue weighted by molar-refractivity contribution is 9.10. The molecule has 7 heteroatoms. The number of para-hydroxylation sites is 1. The molecule has 1 heterocycles. The number of aromatic hydroxyl groups is 1. The lowest BCUT2D eigenvalue weighted by molar-refractivity contribution is -0.731. The third-order valence-corrected chi connectivity index (χ3v) is 6.04. The molecule has 4 N–H and O–H groups in total. The summed E-state index contributed by atoms with van der Waals surface area (Å²) in [6, 6.07) is 18.1. The smallest absolute Gasteiger partial charge is 0.186 e. The van der Waals surface area contributed by atoms with Crippen molar-refractivity contribution in [3.05, 3.63) is 93.7 Å². The summed E-state index contributed by atoms with van der Waals surface area (Å²) in [4.78, 5) is 0. The zero-order valence-corrected chi connectivity index (χ0v) is 19.4. The lowest BCUT2D eigenvalue weighted by Crippen LogP contribution is -2.89. The predicted octanol–water partition coefficient (Wildman–Crippen LogP) is 4.65. The maximum Gasteiger partial charge on any atom is 0.186 e. The molecule has 0 bridgehead atoms. The van der Waals surface area contributed by atoms with E-state index >= 15 is 0 Å². The molecule has 3 aromatic carbocycles. The van der Waals surface area contributed by atoms with Crippen LogP contribution in [0, 0.1) is 5.82 Å². The fourth-order valence-electron chi connectivity index (χ4n) is 3.85. The molecular weight excluding hydrogens is 475 g/mol. The minimum Gasteiger partial charge on any atom is -0.504 e. The van der Waals surface area contributed by atoms with Crippen LogP contribution in [0.15, 0.2) is 71.2 Å². The second-order valence-electron chi connectivity index (χ2n) is 7.45. The molecule has 0 amide bonds. The van der Waals surface area contributed by atoms with E-state index < -0.39 is 0 Å². The van der Waals surface area contributed by atoms with Crippen LogP contribution in [0.4, 0.5) is 4.39 Å². The Hall–Kier alpha value is -3.03. The van der Waals surface area contributed by atoms with Crippen molar-refractivity contribution in [2.24, 2.45) is 0 Å². The van der Waals surface area contributed by atoms with Gasteiger partial charge in [0, 0.05) is 22.9 Å². The number of halogens is 2. The van der Waals surface area contributed by atoms with Gasteiger partial charge in [0.15, 0.2) is 17.7 Å². The monoisotopic (exact) mass is 499 g/mol. The van der Waals surface area contributed by atoms with E-state index in [1.807, 2.05) is 43.3 Å². The maximum absolute atomic E-state index is 13.9. The SMILES string of the molecule is CCOc1cccc(C2C=C(c3cccc(OC)c3)NC(c3ccc(F)c(Br)c3)[NH2+]2)c1O. The third-order valence-electron chi connectivity index (χ3n) is 5.43. The van der Waals surface area contributed by atoms with Gasteiger partial charge in [-0.25, -0.2) is 4.39 Å². The normalized spacial score (nSPS) is 17.9. The molecule has 1 aliphatic rings. The molecule has 0 aromatic heterocycles. The highest BCUT2D eigenvalue weighted by Crippen LogP contribution is 2.36. The summed E-state index contributed by atoms with van der Waals surface area (Å²) < 4.78 is 25.2. The summed E-state index contributed by atoms with van der Waals surface area (Å²) >= 11 is 3.29. The average Bonchev–Trinajstić information content (AvgIpc) is 2.82. The van der Waals surface area contributed by atoms with Crippen LogP contribution in [-0.2, 0) is 0 Å². The Morgan fingerprint density at radius 3 is 2.69 bits per heavy atom. The lowest BCUT2D eigenvalue weighted by atomic mass is 9.97.